The number of nitrogens with zero attached hydrogens (tertiary/aromatic N) is 3. The fourth-order valence-corrected chi connectivity index (χ4v) is 3.58. The van der Waals surface area contributed by atoms with E-state index in [1.165, 1.54) is 19.3 Å². The first-order valence-electron chi connectivity index (χ1n) is 9.44. The van der Waals surface area contributed by atoms with Gasteiger partial charge in [-0.15, -0.1) is 0 Å². The number of piperidine rings is 1. The molecule has 1 fully saturated rings. The number of hydrogen-bond donors (Lipinski definition) is 1. The molecule has 140 valence electrons. The molecule has 2 aromatic rings. The summed E-state index contributed by atoms with van der Waals surface area (Å²) in [5.74, 6) is 0.835. The Labute approximate surface area is 159 Å². The topological polar surface area (TPSA) is 71.7 Å². The number of rotatable bonds is 4. The van der Waals surface area contributed by atoms with E-state index < -0.39 is 0 Å². The van der Waals surface area contributed by atoms with Gasteiger partial charge in [0.1, 0.15) is 0 Å². The third-order valence-electron chi connectivity index (χ3n) is 5.04. The average Bonchev–Trinajstić information content (AvgIpc) is 2.70. The minimum atomic E-state index is -0.137. The summed E-state index contributed by atoms with van der Waals surface area (Å²) in [6, 6.07) is 9.12. The highest BCUT2D eigenvalue weighted by Crippen LogP contribution is 2.37. The minimum absolute atomic E-state index is 0.137. The van der Waals surface area contributed by atoms with E-state index in [0.717, 1.165) is 30.9 Å². The van der Waals surface area contributed by atoms with Crippen molar-refractivity contribution in [1.82, 2.24) is 9.88 Å². The summed E-state index contributed by atoms with van der Waals surface area (Å²) in [7, 11) is 0. The molecule has 4 rings (SSSR count). The van der Waals surface area contributed by atoms with E-state index in [9.17, 15) is 4.79 Å². The summed E-state index contributed by atoms with van der Waals surface area (Å²) in [5.41, 5.74) is 8.20. The van der Waals surface area contributed by atoms with Crippen molar-refractivity contribution in [3.8, 4) is 5.75 Å². The van der Waals surface area contributed by atoms with E-state index in [2.05, 4.69) is 9.88 Å². The van der Waals surface area contributed by atoms with Gasteiger partial charge < -0.3 is 20.3 Å². The summed E-state index contributed by atoms with van der Waals surface area (Å²) >= 11 is 0. The molecule has 0 saturated carbocycles. The van der Waals surface area contributed by atoms with Crippen LogP contribution in [0.15, 0.2) is 48.5 Å². The Bertz CT molecular complexity index is 845. The molecule has 1 aromatic carbocycles. The van der Waals surface area contributed by atoms with E-state index in [1.807, 2.05) is 24.3 Å². The lowest BCUT2D eigenvalue weighted by Gasteiger charge is -2.33. The lowest BCUT2D eigenvalue weighted by atomic mass is 10.1. The summed E-state index contributed by atoms with van der Waals surface area (Å²) < 4.78 is 5.91. The Morgan fingerprint density at radius 1 is 1.07 bits per heavy atom. The molecule has 0 atom stereocenters. The molecule has 3 heterocycles. The standard InChI is InChI=1S/C21H24N4O2/c22-17-4-5-19-18(15-17)25(13-12-24-10-2-1-3-11-24)21(26)20(27-19)14-16-6-8-23-9-7-16/h4-9,14-15H,1-3,10-13,22H2/b20-14+. The normalized spacial score (nSPS) is 19.0. The van der Waals surface area contributed by atoms with Crippen molar-refractivity contribution in [2.75, 3.05) is 36.8 Å². The first kappa shape index (κ1) is 17.5. The highest BCUT2D eigenvalue weighted by Gasteiger charge is 2.30. The second-order valence-corrected chi connectivity index (χ2v) is 6.98. The zero-order valence-electron chi connectivity index (χ0n) is 15.3. The number of likely N-dealkylation sites (tertiary alicyclic amines) is 1. The molecule has 0 spiro atoms. The van der Waals surface area contributed by atoms with Gasteiger partial charge in [-0.1, -0.05) is 6.42 Å². The molecule has 2 aliphatic heterocycles. The summed E-state index contributed by atoms with van der Waals surface area (Å²) in [6.45, 7) is 3.67. The quantitative estimate of drug-likeness (QED) is 0.667. The molecule has 2 N–H and O–H groups in total. The number of anilines is 2. The van der Waals surface area contributed by atoms with Gasteiger partial charge in [-0.05, 0) is 67.9 Å². The van der Waals surface area contributed by atoms with Crippen LogP contribution in [-0.4, -0.2) is 42.0 Å². The van der Waals surface area contributed by atoms with Gasteiger partial charge in [0.25, 0.3) is 5.91 Å². The molecule has 0 unspecified atom stereocenters. The average molecular weight is 364 g/mol. The lowest BCUT2D eigenvalue weighted by molar-refractivity contribution is -0.117. The van der Waals surface area contributed by atoms with Gasteiger partial charge in [-0.3, -0.25) is 9.78 Å². The van der Waals surface area contributed by atoms with Gasteiger partial charge in [0.15, 0.2) is 11.5 Å². The first-order valence-corrected chi connectivity index (χ1v) is 9.44. The van der Waals surface area contributed by atoms with Gasteiger partial charge in [0, 0.05) is 31.2 Å². The van der Waals surface area contributed by atoms with E-state index >= 15 is 0 Å². The van der Waals surface area contributed by atoms with E-state index in [1.54, 1.807) is 29.4 Å². The van der Waals surface area contributed by atoms with Crippen LogP contribution < -0.4 is 15.4 Å². The maximum absolute atomic E-state index is 13.1. The highest BCUT2D eigenvalue weighted by molar-refractivity contribution is 6.10. The Balaban J connectivity index is 1.61. The number of amides is 1. The summed E-state index contributed by atoms with van der Waals surface area (Å²) in [6.07, 6.45) is 8.91. The van der Waals surface area contributed by atoms with Crippen LogP contribution in [0.2, 0.25) is 0 Å². The Morgan fingerprint density at radius 3 is 2.63 bits per heavy atom. The SMILES string of the molecule is Nc1ccc2c(c1)N(CCN1CCCCC1)C(=O)/C(=C\c1ccncc1)O2. The molecule has 0 aliphatic carbocycles. The molecule has 0 radical (unpaired) electrons. The molecule has 2 aliphatic rings. The first-order chi connectivity index (χ1) is 13.2. The predicted octanol–water partition coefficient (Wildman–Crippen LogP) is 2.92. The zero-order valence-corrected chi connectivity index (χ0v) is 15.3. The Hall–Kier alpha value is -2.86. The van der Waals surface area contributed by atoms with Gasteiger partial charge >= 0.3 is 0 Å². The van der Waals surface area contributed by atoms with Crippen molar-refractivity contribution in [1.29, 1.82) is 0 Å². The number of carbonyl (C=O) groups is 1. The number of hydrogen-bond acceptors (Lipinski definition) is 5. The molecule has 0 bridgehead atoms. The number of nitrogen functional groups attached to an aromatic ring is 1. The maximum atomic E-state index is 13.1. The van der Waals surface area contributed by atoms with Crippen molar-refractivity contribution in [3.05, 3.63) is 54.0 Å². The van der Waals surface area contributed by atoms with Gasteiger partial charge in [0.2, 0.25) is 0 Å². The third-order valence-corrected chi connectivity index (χ3v) is 5.04. The van der Waals surface area contributed by atoms with Gasteiger partial charge in [0.05, 0.1) is 5.69 Å². The monoisotopic (exact) mass is 364 g/mol. The number of carbonyl (C=O) groups excluding carboxylic acids is 1. The molecular formula is C21H24N4O2. The molecule has 1 amide bonds. The smallest absolute Gasteiger partial charge is 0.294 e. The van der Waals surface area contributed by atoms with Gasteiger partial charge in [-0.25, -0.2) is 0 Å². The third kappa shape index (κ3) is 3.95. The predicted molar refractivity (Wildman–Crippen MR) is 106 cm³/mol. The largest absolute Gasteiger partial charge is 0.449 e. The molecule has 1 aromatic heterocycles. The lowest BCUT2D eigenvalue weighted by Crippen LogP contribution is -2.43. The number of fused-ring (bicyclic) bond motifs is 1. The maximum Gasteiger partial charge on any atom is 0.294 e. The van der Waals surface area contributed by atoms with E-state index in [4.69, 9.17) is 10.5 Å². The van der Waals surface area contributed by atoms with Crippen LogP contribution in [-0.2, 0) is 4.79 Å². The van der Waals surface area contributed by atoms with Crippen LogP contribution >= 0.6 is 0 Å². The number of pyridine rings is 1. The van der Waals surface area contributed by atoms with E-state index in [0.29, 0.717) is 23.7 Å². The Kier molecular flexibility index (Phi) is 5.07. The Morgan fingerprint density at radius 2 is 1.85 bits per heavy atom. The molecular weight excluding hydrogens is 340 g/mol. The van der Waals surface area contributed by atoms with Crippen molar-refractivity contribution >= 4 is 23.4 Å². The molecule has 6 heteroatoms. The van der Waals surface area contributed by atoms with Crippen LogP contribution in [0, 0.1) is 0 Å². The van der Waals surface area contributed by atoms with Crippen molar-refractivity contribution in [3.63, 3.8) is 0 Å². The number of benzene rings is 1. The number of ether oxygens (including phenoxy) is 1. The zero-order chi connectivity index (χ0) is 18.6. The second kappa shape index (κ2) is 7.80. The molecule has 1 saturated heterocycles. The van der Waals surface area contributed by atoms with Gasteiger partial charge in [-0.2, -0.15) is 0 Å². The summed E-state index contributed by atoms with van der Waals surface area (Å²) in [5, 5.41) is 0. The highest BCUT2D eigenvalue weighted by atomic mass is 16.5. The van der Waals surface area contributed by atoms with Crippen molar-refractivity contribution in [2.24, 2.45) is 0 Å². The minimum Gasteiger partial charge on any atom is -0.449 e. The fraction of sp³-hybridized carbons (Fsp3) is 0.333. The van der Waals surface area contributed by atoms with Crippen LogP contribution in [0.4, 0.5) is 11.4 Å². The van der Waals surface area contributed by atoms with Crippen molar-refractivity contribution in [2.45, 2.75) is 19.3 Å². The fourth-order valence-electron chi connectivity index (χ4n) is 3.58. The van der Waals surface area contributed by atoms with Crippen molar-refractivity contribution < 1.29 is 9.53 Å². The second-order valence-electron chi connectivity index (χ2n) is 6.98. The molecule has 27 heavy (non-hydrogen) atoms. The van der Waals surface area contributed by atoms with Crippen LogP contribution in [0.1, 0.15) is 24.8 Å². The van der Waals surface area contributed by atoms with E-state index in [-0.39, 0.29) is 5.91 Å². The van der Waals surface area contributed by atoms with Crippen LogP contribution in [0.25, 0.3) is 6.08 Å². The summed E-state index contributed by atoms with van der Waals surface area (Å²) in [4.78, 5) is 21.4. The number of nitrogens with two attached hydrogens (primary N) is 1. The van der Waals surface area contributed by atoms with Crippen LogP contribution in [0.3, 0.4) is 0 Å². The molecule has 6 nitrogen and oxygen atoms in total. The van der Waals surface area contributed by atoms with Crippen LogP contribution in [0.5, 0.6) is 5.75 Å². The number of aromatic nitrogens is 1.